The van der Waals surface area contributed by atoms with Crippen molar-refractivity contribution in [1.82, 2.24) is 4.68 Å². The number of carbonyl (C=O) groups excluding carboxylic acids is 1. The van der Waals surface area contributed by atoms with E-state index in [-0.39, 0.29) is 10.7 Å². The molecule has 0 radical (unpaired) electrons. The summed E-state index contributed by atoms with van der Waals surface area (Å²) in [6.07, 6.45) is 3.95. The maximum Gasteiger partial charge on any atom is 0.262 e. The van der Waals surface area contributed by atoms with E-state index in [1.165, 1.54) is 42.1 Å². The lowest BCUT2D eigenvalue weighted by molar-refractivity contribution is -0.112. The number of amides is 1. The van der Waals surface area contributed by atoms with Crippen molar-refractivity contribution >= 4 is 23.6 Å². The van der Waals surface area contributed by atoms with Crippen LogP contribution in [0.1, 0.15) is 11.3 Å². The van der Waals surface area contributed by atoms with Crippen molar-refractivity contribution in [1.29, 1.82) is 0 Å². The normalized spacial score (nSPS) is 10.9. The van der Waals surface area contributed by atoms with Crippen LogP contribution in [-0.4, -0.2) is 15.7 Å². The van der Waals surface area contributed by atoms with E-state index in [0.717, 1.165) is 12.1 Å². The molecule has 2 aromatic rings. The van der Waals surface area contributed by atoms with Crippen molar-refractivity contribution in [2.75, 3.05) is 5.43 Å². The Labute approximate surface area is 130 Å². The van der Waals surface area contributed by atoms with Crippen LogP contribution in [0.2, 0.25) is 5.02 Å². The van der Waals surface area contributed by atoms with E-state index in [0.29, 0.717) is 5.56 Å². The van der Waals surface area contributed by atoms with Crippen molar-refractivity contribution in [3.63, 3.8) is 0 Å². The second-order valence-electron chi connectivity index (χ2n) is 4.46. The molecule has 0 aliphatic heterocycles. The zero-order valence-electron chi connectivity index (χ0n) is 11.5. The summed E-state index contributed by atoms with van der Waals surface area (Å²) >= 11 is 5.84. The average Bonchev–Trinajstić information content (AvgIpc) is 2.47. The zero-order valence-corrected chi connectivity index (χ0v) is 12.3. The lowest BCUT2D eigenvalue weighted by atomic mass is 10.2. The fourth-order valence-electron chi connectivity index (χ4n) is 1.70. The Hall–Kier alpha value is -2.60. The predicted octanol–water partition coefficient (Wildman–Crippen LogP) is 2.44. The summed E-state index contributed by atoms with van der Waals surface area (Å²) in [5.74, 6) is -1.41. The Morgan fingerprint density at radius 3 is 2.82 bits per heavy atom. The largest absolute Gasteiger partial charge is 0.503 e. The van der Waals surface area contributed by atoms with Gasteiger partial charge in [-0.2, -0.15) is 0 Å². The average molecular weight is 323 g/mol. The minimum Gasteiger partial charge on any atom is -0.503 e. The Kier molecular flexibility index (Phi) is 4.62. The first kappa shape index (κ1) is 15.8. The molecular weight excluding hydrogens is 311 g/mol. The monoisotopic (exact) mass is 322 g/mol. The molecule has 2 N–H and O–H groups in total. The zero-order chi connectivity index (χ0) is 16.3. The molecule has 1 heterocycles. The quantitative estimate of drug-likeness (QED) is 0.853. The highest BCUT2D eigenvalue weighted by Crippen LogP contribution is 2.18. The van der Waals surface area contributed by atoms with Crippen LogP contribution >= 0.6 is 11.6 Å². The molecule has 0 bridgehead atoms. The fourth-order valence-corrected chi connectivity index (χ4v) is 1.93. The number of halogens is 2. The number of hydrogen-bond acceptors (Lipinski definition) is 3. The van der Waals surface area contributed by atoms with Gasteiger partial charge in [0.15, 0.2) is 5.75 Å². The number of rotatable bonds is 3. The van der Waals surface area contributed by atoms with Gasteiger partial charge in [0.05, 0.1) is 10.7 Å². The van der Waals surface area contributed by atoms with Crippen LogP contribution < -0.4 is 10.9 Å². The highest BCUT2D eigenvalue weighted by molar-refractivity contribution is 6.32. The lowest BCUT2D eigenvalue weighted by Gasteiger charge is -2.11. The van der Waals surface area contributed by atoms with E-state index in [9.17, 15) is 19.1 Å². The number of carbonyl (C=O) groups is 1. The Bertz CT molecular complexity index is 815. The van der Waals surface area contributed by atoms with Gasteiger partial charge < -0.3 is 5.11 Å². The van der Waals surface area contributed by atoms with E-state index in [1.807, 2.05) is 0 Å². The van der Waals surface area contributed by atoms with E-state index < -0.39 is 22.9 Å². The van der Waals surface area contributed by atoms with Crippen molar-refractivity contribution < 1.29 is 14.3 Å². The van der Waals surface area contributed by atoms with E-state index in [1.54, 1.807) is 0 Å². The minimum absolute atomic E-state index is 0.182. The van der Waals surface area contributed by atoms with Gasteiger partial charge in [0, 0.05) is 18.3 Å². The van der Waals surface area contributed by atoms with E-state index in [2.05, 4.69) is 5.43 Å². The summed E-state index contributed by atoms with van der Waals surface area (Å²) < 4.78 is 14.1. The molecule has 1 amide bonds. The van der Waals surface area contributed by atoms with Crippen LogP contribution in [0.15, 0.2) is 41.3 Å². The molecule has 22 heavy (non-hydrogen) atoms. The first-order chi connectivity index (χ1) is 10.4. The van der Waals surface area contributed by atoms with Crippen LogP contribution in [0, 0.1) is 12.7 Å². The molecule has 0 saturated heterocycles. The first-order valence-electron chi connectivity index (χ1n) is 6.24. The van der Waals surface area contributed by atoms with Crippen LogP contribution in [0.25, 0.3) is 6.08 Å². The molecule has 0 aliphatic carbocycles. The minimum atomic E-state index is -0.531. The second-order valence-corrected chi connectivity index (χ2v) is 4.87. The van der Waals surface area contributed by atoms with Crippen molar-refractivity contribution in [3.05, 3.63) is 68.9 Å². The molecular formula is C15H12ClFN2O3. The van der Waals surface area contributed by atoms with E-state index >= 15 is 0 Å². The molecule has 1 aromatic heterocycles. The third-order valence-corrected chi connectivity index (χ3v) is 3.25. The maximum atomic E-state index is 12.9. The van der Waals surface area contributed by atoms with Gasteiger partial charge in [0.2, 0.25) is 5.43 Å². The number of nitrogens with zero attached hydrogens (tertiary/aromatic N) is 1. The van der Waals surface area contributed by atoms with Gasteiger partial charge in [-0.15, -0.1) is 0 Å². The Morgan fingerprint density at radius 1 is 1.41 bits per heavy atom. The lowest BCUT2D eigenvalue weighted by Crippen LogP contribution is -2.24. The molecule has 114 valence electrons. The van der Waals surface area contributed by atoms with Crippen LogP contribution in [0.4, 0.5) is 4.39 Å². The molecule has 0 atom stereocenters. The molecule has 7 heteroatoms. The maximum absolute atomic E-state index is 12.9. The molecule has 0 unspecified atom stereocenters. The highest BCUT2D eigenvalue weighted by Gasteiger charge is 2.06. The van der Waals surface area contributed by atoms with Crippen molar-refractivity contribution in [2.24, 2.45) is 0 Å². The van der Waals surface area contributed by atoms with Gasteiger partial charge in [-0.25, -0.2) is 4.39 Å². The molecule has 5 nitrogen and oxygen atoms in total. The standard InChI is InChI=1S/C15H12ClFN2O3/c1-9-15(22)13(20)6-7-19(9)18-14(21)5-3-10-2-4-11(17)8-12(10)16/h2-8,22H,1H3,(H,18,21)/b5-3+. The fraction of sp³-hybridized carbons (Fsp3) is 0.0667. The smallest absolute Gasteiger partial charge is 0.262 e. The molecule has 0 fully saturated rings. The first-order valence-corrected chi connectivity index (χ1v) is 6.61. The summed E-state index contributed by atoms with van der Waals surface area (Å²) in [5, 5.41) is 9.70. The van der Waals surface area contributed by atoms with Crippen LogP contribution in [-0.2, 0) is 4.79 Å². The summed E-state index contributed by atoms with van der Waals surface area (Å²) in [4.78, 5) is 23.0. The third kappa shape index (κ3) is 3.53. The van der Waals surface area contributed by atoms with Gasteiger partial charge in [0.25, 0.3) is 5.91 Å². The van der Waals surface area contributed by atoms with E-state index in [4.69, 9.17) is 11.6 Å². The summed E-state index contributed by atoms with van der Waals surface area (Å²) in [5.41, 5.74) is 2.61. The van der Waals surface area contributed by atoms with Gasteiger partial charge in [-0.3, -0.25) is 19.7 Å². The summed E-state index contributed by atoms with van der Waals surface area (Å²) in [6, 6.07) is 4.94. The molecule has 2 rings (SSSR count). The Morgan fingerprint density at radius 2 is 2.14 bits per heavy atom. The molecule has 0 saturated carbocycles. The summed E-state index contributed by atoms with van der Waals surface area (Å²) in [6.45, 7) is 1.48. The van der Waals surface area contributed by atoms with Gasteiger partial charge in [0.1, 0.15) is 5.82 Å². The predicted molar refractivity (Wildman–Crippen MR) is 81.9 cm³/mol. The third-order valence-electron chi connectivity index (χ3n) is 2.92. The number of pyridine rings is 1. The molecule has 0 aliphatic rings. The topological polar surface area (TPSA) is 71.3 Å². The van der Waals surface area contributed by atoms with Gasteiger partial charge >= 0.3 is 0 Å². The number of benzene rings is 1. The molecule has 0 spiro atoms. The van der Waals surface area contributed by atoms with Crippen LogP contribution in [0.5, 0.6) is 5.75 Å². The second kappa shape index (κ2) is 6.44. The molecule has 1 aromatic carbocycles. The van der Waals surface area contributed by atoms with Gasteiger partial charge in [-0.05, 0) is 30.7 Å². The van der Waals surface area contributed by atoms with Gasteiger partial charge in [-0.1, -0.05) is 17.7 Å². The summed E-state index contributed by atoms with van der Waals surface area (Å²) in [7, 11) is 0. The Balaban J connectivity index is 2.15. The number of hydrogen-bond donors (Lipinski definition) is 2. The number of aromatic nitrogens is 1. The van der Waals surface area contributed by atoms with Crippen molar-refractivity contribution in [3.8, 4) is 5.75 Å². The number of nitrogens with one attached hydrogen (secondary N) is 1. The number of aromatic hydroxyl groups is 1. The SMILES string of the molecule is Cc1c(O)c(=O)ccn1NC(=O)/C=C/c1ccc(F)cc1Cl. The highest BCUT2D eigenvalue weighted by atomic mass is 35.5. The van der Waals surface area contributed by atoms with Crippen LogP contribution in [0.3, 0.4) is 0 Å². The van der Waals surface area contributed by atoms with Crippen molar-refractivity contribution in [2.45, 2.75) is 6.92 Å².